The Labute approximate surface area is 184 Å². The number of aliphatic imine (C=N–C) groups is 1. The smallest absolute Gasteiger partial charge is 0.240 e. The maximum Gasteiger partial charge on any atom is 0.240 e. The van der Waals surface area contributed by atoms with Crippen molar-refractivity contribution in [2.75, 3.05) is 46.4 Å². The topological polar surface area (TPSA) is 83.0 Å². The van der Waals surface area contributed by atoms with Gasteiger partial charge in [-0.2, -0.15) is 0 Å². The van der Waals surface area contributed by atoms with Crippen molar-refractivity contribution in [3.05, 3.63) is 29.3 Å². The first-order valence-electron chi connectivity index (χ1n) is 8.75. The molecule has 0 radical (unpaired) electrons. The summed E-state index contributed by atoms with van der Waals surface area (Å²) in [7, 11) is -1.60. The van der Waals surface area contributed by atoms with Crippen molar-refractivity contribution in [1.29, 1.82) is 0 Å². The number of guanidine groups is 1. The normalized spacial score (nSPS) is 17.4. The molecule has 1 aromatic rings. The van der Waals surface area contributed by atoms with E-state index in [4.69, 9.17) is 16.3 Å². The molecule has 1 fully saturated rings. The zero-order valence-electron chi connectivity index (χ0n) is 15.7. The Bertz CT molecular complexity index is 712. The molecular formula is C17H28ClIN4O3S. The van der Waals surface area contributed by atoms with Crippen molar-refractivity contribution >= 4 is 51.6 Å². The number of nitrogens with one attached hydrogen (secondary N) is 2. The number of hydrogen-bond acceptors (Lipinski definition) is 4. The van der Waals surface area contributed by atoms with Gasteiger partial charge in [-0.05, 0) is 31.5 Å². The highest BCUT2D eigenvalue weighted by Crippen LogP contribution is 2.15. The van der Waals surface area contributed by atoms with Crippen LogP contribution in [-0.4, -0.2) is 65.7 Å². The molecule has 10 heteroatoms. The SMILES string of the molecule is CCNC(=NCCNS(=O)(=O)c1cccc(Cl)c1)N(C)CC1CCOC1.I. The van der Waals surface area contributed by atoms with Crippen LogP contribution in [0.5, 0.6) is 0 Å². The molecule has 0 aromatic heterocycles. The van der Waals surface area contributed by atoms with Crippen LogP contribution < -0.4 is 10.0 Å². The summed E-state index contributed by atoms with van der Waals surface area (Å²) in [6.07, 6.45) is 1.06. The Morgan fingerprint density at radius 1 is 1.44 bits per heavy atom. The minimum atomic E-state index is -3.59. The summed E-state index contributed by atoms with van der Waals surface area (Å²) in [6.45, 7) is 5.76. The van der Waals surface area contributed by atoms with Crippen molar-refractivity contribution < 1.29 is 13.2 Å². The van der Waals surface area contributed by atoms with E-state index >= 15 is 0 Å². The predicted molar refractivity (Wildman–Crippen MR) is 120 cm³/mol. The third-order valence-electron chi connectivity index (χ3n) is 4.02. The molecule has 1 saturated heterocycles. The molecule has 0 spiro atoms. The van der Waals surface area contributed by atoms with Crippen molar-refractivity contribution in [2.45, 2.75) is 18.2 Å². The molecule has 2 N–H and O–H groups in total. The van der Waals surface area contributed by atoms with E-state index in [1.54, 1.807) is 12.1 Å². The van der Waals surface area contributed by atoms with E-state index in [0.29, 0.717) is 17.5 Å². The van der Waals surface area contributed by atoms with Crippen LogP contribution in [0.15, 0.2) is 34.2 Å². The van der Waals surface area contributed by atoms with Gasteiger partial charge < -0.3 is 15.0 Å². The van der Waals surface area contributed by atoms with Crippen molar-refractivity contribution in [3.8, 4) is 0 Å². The average Bonchev–Trinajstić information content (AvgIpc) is 3.10. The van der Waals surface area contributed by atoms with E-state index in [1.807, 2.05) is 14.0 Å². The van der Waals surface area contributed by atoms with Crippen LogP contribution in [0.1, 0.15) is 13.3 Å². The Morgan fingerprint density at radius 3 is 2.85 bits per heavy atom. The summed E-state index contributed by atoms with van der Waals surface area (Å²) in [6, 6.07) is 6.19. The molecule has 0 saturated carbocycles. The van der Waals surface area contributed by atoms with Crippen LogP contribution in [-0.2, 0) is 14.8 Å². The number of nitrogens with zero attached hydrogens (tertiary/aromatic N) is 2. The van der Waals surface area contributed by atoms with Crippen LogP contribution >= 0.6 is 35.6 Å². The third kappa shape index (κ3) is 8.10. The molecule has 1 heterocycles. The monoisotopic (exact) mass is 530 g/mol. The van der Waals surface area contributed by atoms with Crippen molar-refractivity contribution in [3.63, 3.8) is 0 Å². The van der Waals surface area contributed by atoms with E-state index in [0.717, 1.165) is 38.7 Å². The number of halogens is 2. The van der Waals surface area contributed by atoms with Gasteiger partial charge in [0.2, 0.25) is 10.0 Å². The van der Waals surface area contributed by atoms with Gasteiger partial charge in [-0.25, -0.2) is 13.1 Å². The first-order valence-corrected chi connectivity index (χ1v) is 10.6. The van der Waals surface area contributed by atoms with Crippen LogP contribution in [0, 0.1) is 5.92 Å². The number of benzene rings is 1. The van der Waals surface area contributed by atoms with Gasteiger partial charge in [0.25, 0.3) is 0 Å². The lowest BCUT2D eigenvalue weighted by Crippen LogP contribution is -2.42. The van der Waals surface area contributed by atoms with Crippen LogP contribution in [0.25, 0.3) is 0 Å². The van der Waals surface area contributed by atoms with Gasteiger partial charge in [-0.15, -0.1) is 24.0 Å². The molecule has 2 rings (SSSR count). The molecule has 1 aliphatic heterocycles. The highest BCUT2D eigenvalue weighted by molar-refractivity contribution is 14.0. The quantitative estimate of drug-likeness (QED) is 0.233. The molecule has 154 valence electrons. The fourth-order valence-electron chi connectivity index (χ4n) is 2.73. The first-order chi connectivity index (χ1) is 12.4. The minimum Gasteiger partial charge on any atom is -0.381 e. The van der Waals surface area contributed by atoms with Crippen LogP contribution in [0.2, 0.25) is 5.02 Å². The molecule has 1 aromatic carbocycles. The maximum atomic E-state index is 12.3. The highest BCUT2D eigenvalue weighted by atomic mass is 127. The van der Waals surface area contributed by atoms with Gasteiger partial charge in [0, 0.05) is 44.2 Å². The molecule has 1 atom stereocenters. The lowest BCUT2D eigenvalue weighted by atomic mass is 10.1. The van der Waals surface area contributed by atoms with E-state index in [2.05, 4.69) is 19.9 Å². The Balaban J connectivity index is 0.00000364. The summed E-state index contributed by atoms with van der Waals surface area (Å²) in [5.41, 5.74) is 0. The molecule has 0 aliphatic carbocycles. The number of rotatable bonds is 8. The van der Waals surface area contributed by atoms with E-state index in [-0.39, 0.29) is 35.4 Å². The number of sulfonamides is 1. The average molecular weight is 531 g/mol. The van der Waals surface area contributed by atoms with Gasteiger partial charge in [0.05, 0.1) is 18.0 Å². The third-order valence-corrected chi connectivity index (χ3v) is 5.72. The summed E-state index contributed by atoms with van der Waals surface area (Å²) in [4.78, 5) is 6.72. The number of hydrogen-bond donors (Lipinski definition) is 2. The lowest BCUT2D eigenvalue weighted by molar-refractivity contribution is 0.181. The van der Waals surface area contributed by atoms with E-state index < -0.39 is 10.0 Å². The second-order valence-electron chi connectivity index (χ2n) is 6.20. The Morgan fingerprint density at radius 2 is 2.22 bits per heavy atom. The first kappa shape index (κ1) is 24.4. The summed E-state index contributed by atoms with van der Waals surface area (Å²) in [5.74, 6) is 1.27. The largest absolute Gasteiger partial charge is 0.381 e. The molecular weight excluding hydrogens is 503 g/mol. The zero-order valence-corrected chi connectivity index (χ0v) is 19.6. The zero-order chi connectivity index (χ0) is 19.0. The molecule has 0 bridgehead atoms. The molecule has 7 nitrogen and oxygen atoms in total. The van der Waals surface area contributed by atoms with Gasteiger partial charge >= 0.3 is 0 Å². The predicted octanol–water partition coefficient (Wildman–Crippen LogP) is 2.17. The van der Waals surface area contributed by atoms with Crippen LogP contribution in [0.4, 0.5) is 0 Å². The lowest BCUT2D eigenvalue weighted by Gasteiger charge is -2.24. The van der Waals surface area contributed by atoms with Crippen molar-refractivity contribution in [1.82, 2.24) is 14.9 Å². The summed E-state index contributed by atoms with van der Waals surface area (Å²) in [5, 5.41) is 3.62. The van der Waals surface area contributed by atoms with Gasteiger partial charge in [0.1, 0.15) is 0 Å². The van der Waals surface area contributed by atoms with Crippen LogP contribution in [0.3, 0.4) is 0 Å². The standard InChI is InChI=1S/C17H27ClN4O3S.HI/c1-3-19-17(22(2)12-14-7-10-25-13-14)20-8-9-21-26(23,24)16-6-4-5-15(18)11-16;/h4-6,11,14,21H,3,7-10,12-13H2,1-2H3,(H,19,20);1H. The molecule has 27 heavy (non-hydrogen) atoms. The van der Waals surface area contributed by atoms with Gasteiger partial charge in [-0.1, -0.05) is 17.7 Å². The minimum absolute atomic E-state index is 0. The summed E-state index contributed by atoms with van der Waals surface area (Å²) >= 11 is 5.86. The maximum absolute atomic E-state index is 12.3. The molecule has 0 amide bonds. The van der Waals surface area contributed by atoms with Crippen molar-refractivity contribution in [2.24, 2.45) is 10.9 Å². The number of ether oxygens (including phenoxy) is 1. The fourth-order valence-corrected chi connectivity index (χ4v) is 4.05. The second-order valence-corrected chi connectivity index (χ2v) is 8.40. The fraction of sp³-hybridized carbons (Fsp3) is 0.588. The highest BCUT2D eigenvalue weighted by Gasteiger charge is 2.19. The van der Waals surface area contributed by atoms with E-state index in [9.17, 15) is 8.42 Å². The molecule has 1 unspecified atom stereocenters. The summed E-state index contributed by atoms with van der Waals surface area (Å²) < 4.78 is 32.5. The van der Waals surface area contributed by atoms with E-state index in [1.165, 1.54) is 12.1 Å². The second kappa shape index (κ2) is 12.1. The molecule has 1 aliphatic rings. The van der Waals surface area contributed by atoms with Gasteiger partial charge in [-0.3, -0.25) is 4.99 Å². The Kier molecular flexibility index (Phi) is 10.9. The van der Waals surface area contributed by atoms with Gasteiger partial charge in [0.15, 0.2) is 5.96 Å². The Hall–Kier alpha value is -0.620.